The summed E-state index contributed by atoms with van der Waals surface area (Å²) in [5, 5.41) is 15.6. The first-order valence-corrected chi connectivity index (χ1v) is 18.3. The highest BCUT2D eigenvalue weighted by atomic mass is 15.1. The molecular weight excluding hydrogens is 639 g/mol. The summed E-state index contributed by atoms with van der Waals surface area (Å²) in [7, 11) is 0. The Morgan fingerprint density at radius 2 is 0.623 bits per heavy atom. The zero-order chi connectivity index (χ0) is 34.9. The average Bonchev–Trinajstić information content (AvgIpc) is 3.23. The molecule has 0 atom stereocenters. The van der Waals surface area contributed by atoms with Crippen LogP contribution < -0.4 is 4.90 Å². The van der Waals surface area contributed by atoms with Crippen LogP contribution in [0.2, 0.25) is 0 Å². The van der Waals surface area contributed by atoms with Gasteiger partial charge in [0, 0.05) is 17.1 Å². The number of fused-ring (bicyclic) bond motifs is 2. The van der Waals surface area contributed by atoms with Gasteiger partial charge in [-0.05, 0) is 135 Å². The second-order valence-corrected chi connectivity index (χ2v) is 14.1. The Bertz CT molecular complexity index is 3120. The molecule has 0 bridgehead atoms. The fourth-order valence-electron chi connectivity index (χ4n) is 8.71. The normalized spacial score (nSPS) is 11.8. The molecule has 0 unspecified atom stereocenters. The van der Waals surface area contributed by atoms with Crippen LogP contribution in [0.3, 0.4) is 0 Å². The van der Waals surface area contributed by atoms with Gasteiger partial charge in [0.15, 0.2) is 0 Å². The van der Waals surface area contributed by atoms with Gasteiger partial charge in [-0.15, -0.1) is 0 Å². The molecule has 0 N–H and O–H groups in total. The van der Waals surface area contributed by atoms with Crippen LogP contribution in [0.5, 0.6) is 0 Å². The van der Waals surface area contributed by atoms with Gasteiger partial charge in [-0.25, -0.2) is 0 Å². The standard InChI is InChI=1S/C52H33N/c1-3-10-34(11-4-1)35-24-28-43(29-25-35)53(42-15-5-2-6-16-42)44-30-26-36(27-31-44)41-32-40-23-22-39-13-8-18-46-45-17-7-12-37-20-21-38-14-9-19-47(51(38)49(37)45)48(33-41)52(40)50(39)46/h1-33H. The van der Waals surface area contributed by atoms with Gasteiger partial charge in [-0.1, -0.05) is 152 Å². The predicted octanol–water partition coefficient (Wildman–Crippen LogP) is 14.8. The van der Waals surface area contributed by atoms with Crippen LogP contribution in [-0.4, -0.2) is 0 Å². The van der Waals surface area contributed by atoms with Gasteiger partial charge < -0.3 is 4.90 Å². The molecule has 0 saturated carbocycles. The van der Waals surface area contributed by atoms with E-state index < -0.39 is 0 Å². The number of hydrogen-bond acceptors (Lipinski definition) is 1. The molecule has 1 nitrogen and oxygen atoms in total. The van der Waals surface area contributed by atoms with E-state index in [1.807, 2.05) is 0 Å². The summed E-state index contributed by atoms with van der Waals surface area (Å²) in [4.78, 5) is 2.34. The minimum atomic E-state index is 1.12. The Morgan fingerprint density at radius 3 is 1.15 bits per heavy atom. The topological polar surface area (TPSA) is 3.24 Å². The molecular formula is C52H33N. The predicted molar refractivity (Wildman–Crippen MR) is 228 cm³/mol. The Hall–Kier alpha value is -6.96. The molecule has 11 aromatic carbocycles. The number of hydrogen-bond donors (Lipinski definition) is 0. The second kappa shape index (κ2) is 11.8. The van der Waals surface area contributed by atoms with Crippen LogP contribution in [0.1, 0.15) is 0 Å². The molecule has 0 fully saturated rings. The van der Waals surface area contributed by atoms with E-state index in [1.165, 1.54) is 86.9 Å². The largest absolute Gasteiger partial charge is 0.311 e. The van der Waals surface area contributed by atoms with Crippen molar-refractivity contribution in [3.05, 3.63) is 200 Å². The van der Waals surface area contributed by atoms with Crippen molar-refractivity contribution in [2.75, 3.05) is 4.90 Å². The summed E-state index contributed by atoms with van der Waals surface area (Å²) < 4.78 is 0. The van der Waals surface area contributed by atoms with Crippen LogP contribution in [0.25, 0.3) is 86.9 Å². The summed E-state index contributed by atoms with van der Waals surface area (Å²) in [5.74, 6) is 0. The smallest absolute Gasteiger partial charge is 0.0462 e. The molecule has 1 heteroatoms. The van der Waals surface area contributed by atoms with Crippen LogP contribution >= 0.6 is 0 Å². The van der Waals surface area contributed by atoms with Crippen molar-refractivity contribution < 1.29 is 0 Å². The molecule has 11 rings (SSSR count). The minimum absolute atomic E-state index is 1.12. The van der Waals surface area contributed by atoms with Crippen LogP contribution in [0.15, 0.2) is 200 Å². The van der Waals surface area contributed by atoms with E-state index in [0.29, 0.717) is 0 Å². The van der Waals surface area contributed by atoms with E-state index in [0.717, 1.165) is 17.1 Å². The lowest BCUT2D eigenvalue weighted by molar-refractivity contribution is 1.28. The maximum absolute atomic E-state index is 2.44. The second-order valence-electron chi connectivity index (χ2n) is 14.1. The first-order valence-electron chi connectivity index (χ1n) is 18.3. The fourth-order valence-corrected chi connectivity index (χ4v) is 8.71. The lowest BCUT2D eigenvalue weighted by atomic mass is 9.86. The lowest BCUT2D eigenvalue weighted by Crippen LogP contribution is -2.09. The van der Waals surface area contributed by atoms with E-state index in [4.69, 9.17) is 0 Å². The molecule has 0 spiro atoms. The zero-order valence-electron chi connectivity index (χ0n) is 29.0. The maximum atomic E-state index is 2.44. The van der Waals surface area contributed by atoms with Crippen molar-refractivity contribution in [2.45, 2.75) is 0 Å². The van der Waals surface area contributed by atoms with Gasteiger partial charge in [0.25, 0.3) is 0 Å². The molecule has 0 aliphatic rings. The van der Waals surface area contributed by atoms with Crippen molar-refractivity contribution >= 4 is 81.7 Å². The highest BCUT2D eigenvalue weighted by molar-refractivity contribution is 6.37. The van der Waals surface area contributed by atoms with Gasteiger partial charge in [0.05, 0.1) is 0 Å². The zero-order valence-corrected chi connectivity index (χ0v) is 29.0. The third-order valence-corrected chi connectivity index (χ3v) is 11.1. The summed E-state index contributed by atoms with van der Waals surface area (Å²) >= 11 is 0. The van der Waals surface area contributed by atoms with Crippen LogP contribution in [0, 0.1) is 0 Å². The summed E-state index contributed by atoms with van der Waals surface area (Å²) in [6.07, 6.45) is 0. The highest BCUT2D eigenvalue weighted by Crippen LogP contribution is 2.45. The van der Waals surface area contributed by atoms with Crippen molar-refractivity contribution in [1.29, 1.82) is 0 Å². The Morgan fingerprint density at radius 1 is 0.226 bits per heavy atom. The molecule has 0 aliphatic carbocycles. The van der Waals surface area contributed by atoms with Crippen LogP contribution in [-0.2, 0) is 0 Å². The van der Waals surface area contributed by atoms with E-state index in [-0.39, 0.29) is 0 Å². The van der Waals surface area contributed by atoms with Crippen molar-refractivity contribution in [2.24, 2.45) is 0 Å². The fraction of sp³-hybridized carbons (Fsp3) is 0. The highest BCUT2D eigenvalue weighted by Gasteiger charge is 2.17. The van der Waals surface area contributed by atoms with E-state index in [2.05, 4.69) is 205 Å². The van der Waals surface area contributed by atoms with E-state index >= 15 is 0 Å². The first kappa shape index (κ1) is 29.7. The molecule has 0 saturated heterocycles. The Labute approximate surface area is 307 Å². The number of benzene rings is 10. The van der Waals surface area contributed by atoms with Crippen molar-refractivity contribution in [3.8, 4) is 22.3 Å². The Balaban J connectivity index is 1.11. The lowest BCUT2D eigenvalue weighted by Gasteiger charge is -2.26. The molecule has 0 radical (unpaired) electrons. The summed E-state index contributed by atoms with van der Waals surface area (Å²) in [5.41, 5.74) is 8.20. The molecule has 0 heterocycles. The monoisotopic (exact) mass is 671 g/mol. The molecule has 246 valence electrons. The molecule has 53 heavy (non-hydrogen) atoms. The molecule has 0 amide bonds. The van der Waals surface area contributed by atoms with E-state index in [9.17, 15) is 0 Å². The number of anilines is 3. The van der Waals surface area contributed by atoms with Crippen molar-refractivity contribution in [1.82, 2.24) is 0 Å². The Kier molecular flexibility index (Phi) is 6.62. The van der Waals surface area contributed by atoms with Gasteiger partial charge >= 0.3 is 0 Å². The number of para-hydroxylation sites is 1. The first-order chi connectivity index (χ1) is 26.3. The number of nitrogens with zero attached hydrogens (tertiary/aromatic N) is 1. The molecule has 11 aromatic rings. The van der Waals surface area contributed by atoms with Gasteiger partial charge in [-0.3, -0.25) is 0 Å². The average molecular weight is 672 g/mol. The minimum Gasteiger partial charge on any atom is -0.311 e. The molecule has 0 aliphatic heterocycles. The maximum Gasteiger partial charge on any atom is 0.0462 e. The summed E-state index contributed by atoms with van der Waals surface area (Å²) in [6.45, 7) is 0. The third-order valence-electron chi connectivity index (χ3n) is 11.1. The third kappa shape index (κ3) is 4.71. The van der Waals surface area contributed by atoms with Crippen molar-refractivity contribution in [3.63, 3.8) is 0 Å². The SMILES string of the molecule is c1ccc(-c2ccc(N(c3ccccc3)c3ccc(-c4cc5ccc6cccc7c8cccc9ccc%10cccc(c(c4)c5c67)c%10c98)cc3)cc2)cc1. The number of rotatable bonds is 5. The molecule has 0 aromatic heterocycles. The van der Waals surface area contributed by atoms with Gasteiger partial charge in [0.1, 0.15) is 0 Å². The van der Waals surface area contributed by atoms with Crippen LogP contribution in [0.4, 0.5) is 17.1 Å². The summed E-state index contributed by atoms with van der Waals surface area (Å²) in [6, 6.07) is 73.5. The quantitative estimate of drug-likeness (QED) is 0.165. The van der Waals surface area contributed by atoms with Gasteiger partial charge in [0.2, 0.25) is 0 Å². The van der Waals surface area contributed by atoms with E-state index in [1.54, 1.807) is 0 Å². The van der Waals surface area contributed by atoms with Gasteiger partial charge in [-0.2, -0.15) is 0 Å².